The van der Waals surface area contributed by atoms with Crippen LogP contribution in [0.5, 0.6) is 0 Å². The summed E-state index contributed by atoms with van der Waals surface area (Å²) < 4.78 is 5.24. The van der Waals surface area contributed by atoms with Crippen LogP contribution in [0, 0.1) is 6.92 Å². The molecule has 36 heavy (non-hydrogen) atoms. The summed E-state index contributed by atoms with van der Waals surface area (Å²) in [4.78, 5) is 52.7. The highest BCUT2D eigenvalue weighted by Crippen LogP contribution is 2.29. The maximum Gasteiger partial charge on any atom is 0.408 e. The molecule has 9 nitrogen and oxygen atoms in total. The molecule has 0 aliphatic rings. The number of para-hydroxylation sites is 1. The summed E-state index contributed by atoms with van der Waals surface area (Å²) in [5.41, 5.74) is 6.24. The van der Waals surface area contributed by atoms with Crippen LogP contribution < -0.4 is 16.4 Å². The first kappa shape index (κ1) is 28.6. The molecule has 2 aromatic carbocycles. The van der Waals surface area contributed by atoms with Gasteiger partial charge in [-0.2, -0.15) is 0 Å². The molecule has 0 saturated heterocycles. The monoisotopic (exact) mass is 516 g/mol. The van der Waals surface area contributed by atoms with Gasteiger partial charge in [0.1, 0.15) is 17.7 Å². The predicted octanol–water partition coefficient (Wildman–Crippen LogP) is 3.95. The van der Waals surface area contributed by atoms with Crippen LogP contribution in [0.4, 0.5) is 10.5 Å². The number of nitrogens with one attached hydrogen (secondary N) is 2. The number of benzene rings is 2. The average molecular weight is 517 g/mol. The first-order valence-electron chi connectivity index (χ1n) is 11.5. The molecule has 0 aromatic heterocycles. The van der Waals surface area contributed by atoms with E-state index in [-0.39, 0.29) is 6.54 Å². The highest BCUT2D eigenvalue weighted by atomic mass is 35.5. The number of rotatable bonds is 9. The Labute approximate surface area is 216 Å². The molecular weight excluding hydrogens is 484 g/mol. The van der Waals surface area contributed by atoms with E-state index >= 15 is 0 Å². The van der Waals surface area contributed by atoms with Crippen LogP contribution in [0.1, 0.15) is 51.3 Å². The number of alkyl carbamates (subject to hydrolysis) is 1. The third-order valence-electron chi connectivity index (χ3n) is 5.16. The zero-order valence-electron chi connectivity index (χ0n) is 21.1. The minimum absolute atomic E-state index is 0.0958. The maximum absolute atomic E-state index is 13.7. The van der Waals surface area contributed by atoms with Gasteiger partial charge in [0.15, 0.2) is 0 Å². The van der Waals surface area contributed by atoms with Crippen molar-refractivity contribution in [2.75, 3.05) is 11.9 Å². The minimum atomic E-state index is -1.33. The topological polar surface area (TPSA) is 131 Å². The number of halogens is 1. The van der Waals surface area contributed by atoms with Gasteiger partial charge in [0, 0.05) is 6.54 Å². The summed E-state index contributed by atoms with van der Waals surface area (Å²) in [5, 5.41) is 5.61. The van der Waals surface area contributed by atoms with Crippen molar-refractivity contribution in [3.05, 3.63) is 64.7 Å². The second kappa shape index (κ2) is 12.4. The molecule has 2 unspecified atom stereocenters. The second-order valence-electron chi connectivity index (χ2n) is 9.23. The number of nitrogens with two attached hydrogens (primary N) is 1. The van der Waals surface area contributed by atoms with Crippen LogP contribution in [-0.4, -0.2) is 46.9 Å². The Bertz CT molecular complexity index is 1080. The van der Waals surface area contributed by atoms with E-state index in [1.165, 1.54) is 4.90 Å². The summed E-state index contributed by atoms with van der Waals surface area (Å²) in [6, 6.07) is 11.5. The number of carbonyl (C=O) groups is 4. The highest BCUT2D eigenvalue weighted by molar-refractivity contribution is 6.34. The second-order valence-corrected chi connectivity index (χ2v) is 9.63. The average Bonchev–Trinajstić information content (AvgIpc) is 2.78. The van der Waals surface area contributed by atoms with Crippen LogP contribution in [0.25, 0.3) is 0 Å². The third-order valence-corrected chi connectivity index (χ3v) is 5.48. The quantitative estimate of drug-likeness (QED) is 0.464. The van der Waals surface area contributed by atoms with Gasteiger partial charge >= 0.3 is 6.09 Å². The van der Waals surface area contributed by atoms with Gasteiger partial charge in [-0.25, -0.2) is 4.79 Å². The maximum atomic E-state index is 13.7. The van der Waals surface area contributed by atoms with Crippen LogP contribution in [0.2, 0.25) is 5.02 Å². The van der Waals surface area contributed by atoms with Gasteiger partial charge < -0.3 is 26.0 Å². The van der Waals surface area contributed by atoms with Gasteiger partial charge in [0.2, 0.25) is 11.8 Å². The molecular formula is C26H33ClN4O5. The Kier molecular flexibility index (Phi) is 9.86. The van der Waals surface area contributed by atoms with Crippen molar-refractivity contribution >= 4 is 41.1 Å². The molecule has 2 rings (SSSR count). The summed E-state index contributed by atoms with van der Waals surface area (Å²) >= 11 is 6.31. The number of aryl methyl sites for hydroxylation is 1. The molecule has 0 fully saturated rings. The summed E-state index contributed by atoms with van der Waals surface area (Å²) in [5.74, 6) is -1.97. The zero-order chi connectivity index (χ0) is 27.0. The molecule has 0 saturated carbocycles. The number of ether oxygens (including phenoxy) is 1. The number of amides is 4. The van der Waals surface area contributed by atoms with Crippen molar-refractivity contribution in [1.29, 1.82) is 0 Å². The van der Waals surface area contributed by atoms with E-state index in [0.29, 0.717) is 16.3 Å². The molecule has 4 N–H and O–H groups in total. The zero-order valence-corrected chi connectivity index (χ0v) is 21.9. The number of anilines is 1. The van der Waals surface area contributed by atoms with Gasteiger partial charge in [-0.05, 0) is 51.8 Å². The van der Waals surface area contributed by atoms with E-state index in [0.717, 1.165) is 5.56 Å². The van der Waals surface area contributed by atoms with E-state index in [2.05, 4.69) is 10.6 Å². The SMILES string of the molecule is CCN(C(=O)C(CC(N)=O)NC(=O)OC(C)(C)C)C(C(=O)Nc1c(C)cccc1Cl)c1ccccc1. The third kappa shape index (κ3) is 7.98. The standard InChI is InChI=1S/C26H33ClN4O5/c1-6-31(24(34)19(15-20(28)32)29-25(35)36-26(3,4)5)22(17-12-8-7-9-13-17)23(33)30-21-16(2)11-10-14-18(21)27/h7-14,19,22H,6,15H2,1-5H3,(H2,28,32)(H,29,35)(H,30,33). The molecule has 0 radical (unpaired) electrons. The fourth-order valence-corrected chi connectivity index (χ4v) is 3.88. The van der Waals surface area contributed by atoms with Crippen LogP contribution in [0.15, 0.2) is 48.5 Å². The van der Waals surface area contributed by atoms with Crippen molar-refractivity contribution in [3.8, 4) is 0 Å². The van der Waals surface area contributed by atoms with Crippen molar-refractivity contribution in [2.24, 2.45) is 5.73 Å². The fourth-order valence-electron chi connectivity index (χ4n) is 3.61. The van der Waals surface area contributed by atoms with Crippen molar-refractivity contribution in [2.45, 2.75) is 58.7 Å². The first-order valence-corrected chi connectivity index (χ1v) is 11.9. The van der Waals surface area contributed by atoms with Gasteiger partial charge in [0.25, 0.3) is 5.91 Å². The molecule has 4 amide bonds. The molecule has 2 atom stereocenters. The number of primary amides is 1. The van der Waals surface area contributed by atoms with Crippen LogP contribution >= 0.6 is 11.6 Å². The summed E-state index contributed by atoms with van der Waals surface area (Å²) in [7, 11) is 0. The Morgan fingerprint density at radius 3 is 2.22 bits per heavy atom. The molecule has 0 heterocycles. The molecule has 0 bridgehead atoms. The first-order chi connectivity index (χ1) is 16.8. The molecule has 0 spiro atoms. The number of hydrogen-bond donors (Lipinski definition) is 3. The Morgan fingerprint density at radius 1 is 1.06 bits per heavy atom. The van der Waals surface area contributed by atoms with Gasteiger partial charge in [-0.15, -0.1) is 0 Å². The lowest BCUT2D eigenvalue weighted by Gasteiger charge is -2.33. The minimum Gasteiger partial charge on any atom is -0.444 e. The smallest absolute Gasteiger partial charge is 0.408 e. The van der Waals surface area contributed by atoms with E-state index in [1.54, 1.807) is 83.1 Å². The number of carbonyl (C=O) groups excluding carboxylic acids is 4. The van der Waals surface area contributed by atoms with E-state index in [4.69, 9.17) is 22.1 Å². The van der Waals surface area contributed by atoms with Gasteiger partial charge in [0.05, 0.1) is 17.1 Å². The van der Waals surface area contributed by atoms with Crippen molar-refractivity contribution in [1.82, 2.24) is 10.2 Å². The number of hydrogen-bond acceptors (Lipinski definition) is 5. The van der Waals surface area contributed by atoms with Gasteiger partial charge in [-0.1, -0.05) is 54.1 Å². The number of likely N-dealkylation sites (N-methyl/N-ethyl adjacent to an activating group) is 1. The molecule has 10 heteroatoms. The summed E-state index contributed by atoms with van der Waals surface area (Å²) in [6.45, 7) is 8.59. The molecule has 194 valence electrons. The Balaban J connectivity index is 2.45. The van der Waals surface area contributed by atoms with E-state index < -0.39 is 47.9 Å². The summed E-state index contributed by atoms with van der Waals surface area (Å²) in [6.07, 6.45) is -1.35. The number of nitrogens with zero attached hydrogens (tertiary/aromatic N) is 1. The predicted molar refractivity (Wildman–Crippen MR) is 138 cm³/mol. The lowest BCUT2D eigenvalue weighted by atomic mass is 10.0. The fraction of sp³-hybridized carbons (Fsp3) is 0.385. The highest BCUT2D eigenvalue weighted by Gasteiger charge is 2.36. The van der Waals surface area contributed by atoms with E-state index in [9.17, 15) is 19.2 Å². The van der Waals surface area contributed by atoms with Crippen LogP contribution in [0.3, 0.4) is 0 Å². The lowest BCUT2D eigenvalue weighted by Crippen LogP contribution is -2.53. The molecule has 0 aliphatic heterocycles. The van der Waals surface area contributed by atoms with Crippen molar-refractivity contribution in [3.63, 3.8) is 0 Å². The Hall–Kier alpha value is -3.59. The van der Waals surface area contributed by atoms with E-state index in [1.807, 2.05) is 0 Å². The largest absolute Gasteiger partial charge is 0.444 e. The molecule has 0 aliphatic carbocycles. The van der Waals surface area contributed by atoms with Crippen molar-refractivity contribution < 1.29 is 23.9 Å². The Morgan fingerprint density at radius 2 is 1.69 bits per heavy atom. The normalized spacial score (nSPS) is 12.7. The van der Waals surface area contributed by atoms with Gasteiger partial charge in [-0.3, -0.25) is 14.4 Å². The van der Waals surface area contributed by atoms with Crippen LogP contribution in [-0.2, 0) is 19.1 Å². The lowest BCUT2D eigenvalue weighted by molar-refractivity contribution is -0.141. The molecule has 2 aromatic rings.